The largest absolute Gasteiger partial charge is 0.457 e. The standard InChI is InChI=1S/C10H15FO6/c1-5(12)15-8-3-7(17-10(8)14)9(4-11)16-6(2)13/h7-10,14H,3-4H2,1-2H3/t7-,8+,9-,10?/m0/s1. The number of hydrogen-bond donors (Lipinski definition) is 1. The number of carbonyl (C=O) groups excluding carboxylic acids is 2. The van der Waals surface area contributed by atoms with Crippen LogP contribution in [0.3, 0.4) is 0 Å². The van der Waals surface area contributed by atoms with Gasteiger partial charge >= 0.3 is 11.9 Å². The van der Waals surface area contributed by atoms with Crippen molar-refractivity contribution in [1.29, 1.82) is 0 Å². The summed E-state index contributed by atoms with van der Waals surface area (Å²) in [6, 6.07) is 0. The van der Waals surface area contributed by atoms with E-state index in [2.05, 4.69) is 0 Å². The first-order valence-electron chi connectivity index (χ1n) is 5.18. The highest BCUT2D eigenvalue weighted by Crippen LogP contribution is 2.25. The molecule has 7 heteroatoms. The molecule has 0 spiro atoms. The molecule has 0 aromatic heterocycles. The molecule has 1 unspecified atom stereocenters. The topological polar surface area (TPSA) is 82.1 Å². The van der Waals surface area contributed by atoms with Crippen LogP contribution in [0.4, 0.5) is 4.39 Å². The van der Waals surface area contributed by atoms with E-state index in [9.17, 15) is 19.1 Å². The van der Waals surface area contributed by atoms with Crippen LogP contribution in [0.1, 0.15) is 20.3 Å². The van der Waals surface area contributed by atoms with Crippen molar-refractivity contribution in [3.63, 3.8) is 0 Å². The molecule has 0 aliphatic carbocycles. The highest BCUT2D eigenvalue weighted by atomic mass is 19.1. The summed E-state index contributed by atoms with van der Waals surface area (Å²) in [7, 11) is 0. The molecule has 1 fully saturated rings. The number of ether oxygens (including phenoxy) is 3. The molecule has 1 aliphatic heterocycles. The monoisotopic (exact) mass is 250 g/mol. The Morgan fingerprint density at radius 1 is 1.47 bits per heavy atom. The predicted octanol–water partition coefficient (Wildman–Crippen LogP) is -0.0734. The van der Waals surface area contributed by atoms with E-state index in [0.29, 0.717) is 0 Å². The first kappa shape index (κ1) is 13.9. The summed E-state index contributed by atoms with van der Waals surface area (Å²) in [5.74, 6) is -1.20. The number of alkyl halides is 1. The number of halogens is 1. The molecule has 0 amide bonds. The maximum absolute atomic E-state index is 12.6. The average Bonchev–Trinajstić information content (AvgIpc) is 2.55. The minimum atomic E-state index is -1.33. The van der Waals surface area contributed by atoms with Gasteiger partial charge in [0, 0.05) is 20.3 Å². The van der Waals surface area contributed by atoms with E-state index in [1.165, 1.54) is 6.92 Å². The van der Waals surface area contributed by atoms with Gasteiger partial charge in [-0.2, -0.15) is 0 Å². The Morgan fingerprint density at radius 2 is 2.12 bits per heavy atom. The molecule has 1 heterocycles. The van der Waals surface area contributed by atoms with Gasteiger partial charge in [0.1, 0.15) is 12.8 Å². The maximum atomic E-state index is 12.6. The van der Waals surface area contributed by atoms with Gasteiger partial charge in [-0.15, -0.1) is 0 Å². The number of aliphatic hydroxyl groups is 1. The summed E-state index contributed by atoms with van der Waals surface area (Å²) >= 11 is 0. The molecule has 1 saturated heterocycles. The molecule has 98 valence electrons. The number of hydrogen-bond acceptors (Lipinski definition) is 6. The van der Waals surface area contributed by atoms with Crippen LogP contribution >= 0.6 is 0 Å². The van der Waals surface area contributed by atoms with Crippen LogP contribution in [0.15, 0.2) is 0 Å². The summed E-state index contributed by atoms with van der Waals surface area (Å²) in [6.45, 7) is 1.42. The summed E-state index contributed by atoms with van der Waals surface area (Å²) in [5.41, 5.74) is 0. The fourth-order valence-electron chi connectivity index (χ4n) is 1.65. The second kappa shape index (κ2) is 5.92. The molecule has 1 aliphatic rings. The highest BCUT2D eigenvalue weighted by Gasteiger charge is 2.41. The third-order valence-electron chi connectivity index (χ3n) is 2.30. The maximum Gasteiger partial charge on any atom is 0.303 e. The van der Waals surface area contributed by atoms with Crippen molar-refractivity contribution in [3.8, 4) is 0 Å². The minimum Gasteiger partial charge on any atom is -0.457 e. The van der Waals surface area contributed by atoms with E-state index in [4.69, 9.17) is 14.2 Å². The highest BCUT2D eigenvalue weighted by molar-refractivity contribution is 5.66. The molecule has 0 saturated carbocycles. The van der Waals surface area contributed by atoms with Crippen molar-refractivity contribution in [2.75, 3.05) is 6.67 Å². The zero-order chi connectivity index (χ0) is 13.0. The Hall–Kier alpha value is -1.21. The number of rotatable bonds is 4. The molecule has 1 N–H and O–H groups in total. The normalized spacial score (nSPS) is 29.8. The van der Waals surface area contributed by atoms with Gasteiger partial charge in [0.05, 0.1) is 0 Å². The van der Waals surface area contributed by atoms with Crippen molar-refractivity contribution in [3.05, 3.63) is 0 Å². The molecular weight excluding hydrogens is 235 g/mol. The quantitative estimate of drug-likeness (QED) is 0.703. The third-order valence-corrected chi connectivity index (χ3v) is 2.30. The van der Waals surface area contributed by atoms with Crippen LogP contribution in [-0.2, 0) is 23.8 Å². The zero-order valence-electron chi connectivity index (χ0n) is 9.59. The van der Waals surface area contributed by atoms with Crippen molar-refractivity contribution in [2.45, 2.75) is 44.9 Å². The Kier molecular flexibility index (Phi) is 4.83. The van der Waals surface area contributed by atoms with Crippen LogP contribution in [0.25, 0.3) is 0 Å². The van der Waals surface area contributed by atoms with Gasteiger partial charge in [-0.25, -0.2) is 4.39 Å². The number of carbonyl (C=O) groups is 2. The van der Waals surface area contributed by atoms with Crippen molar-refractivity contribution < 1.29 is 33.3 Å². The van der Waals surface area contributed by atoms with E-state index >= 15 is 0 Å². The predicted molar refractivity (Wildman–Crippen MR) is 52.6 cm³/mol. The summed E-state index contributed by atoms with van der Waals surface area (Å²) in [4.78, 5) is 21.4. The molecule has 0 aromatic rings. The summed E-state index contributed by atoms with van der Waals surface area (Å²) in [6.07, 6.45) is -4.01. The van der Waals surface area contributed by atoms with Crippen LogP contribution in [-0.4, -0.2) is 48.3 Å². The second-order valence-electron chi connectivity index (χ2n) is 3.75. The van der Waals surface area contributed by atoms with Crippen LogP contribution in [0, 0.1) is 0 Å². The van der Waals surface area contributed by atoms with Gasteiger partial charge < -0.3 is 19.3 Å². The fraction of sp³-hybridized carbons (Fsp3) is 0.800. The zero-order valence-corrected chi connectivity index (χ0v) is 9.59. The lowest BCUT2D eigenvalue weighted by molar-refractivity contribution is -0.178. The van der Waals surface area contributed by atoms with E-state index < -0.39 is 43.2 Å². The first-order valence-corrected chi connectivity index (χ1v) is 5.18. The molecule has 0 radical (unpaired) electrons. The van der Waals surface area contributed by atoms with Crippen molar-refractivity contribution >= 4 is 11.9 Å². The van der Waals surface area contributed by atoms with E-state index in [1.807, 2.05) is 0 Å². The number of esters is 2. The first-order chi connectivity index (χ1) is 7.93. The van der Waals surface area contributed by atoms with Crippen LogP contribution in [0.5, 0.6) is 0 Å². The lowest BCUT2D eigenvalue weighted by Crippen LogP contribution is -2.32. The third kappa shape index (κ3) is 3.94. The van der Waals surface area contributed by atoms with Gasteiger partial charge in [-0.1, -0.05) is 0 Å². The van der Waals surface area contributed by atoms with Crippen LogP contribution < -0.4 is 0 Å². The second-order valence-corrected chi connectivity index (χ2v) is 3.75. The number of aliphatic hydroxyl groups excluding tert-OH is 1. The minimum absolute atomic E-state index is 0.0859. The van der Waals surface area contributed by atoms with E-state index in [1.54, 1.807) is 0 Å². The van der Waals surface area contributed by atoms with Gasteiger partial charge in [0.15, 0.2) is 18.5 Å². The van der Waals surface area contributed by atoms with Crippen molar-refractivity contribution in [1.82, 2.24) is 0 Å². The summed E-state index contributed by atoms with van der Waals surface area (Å²) in [5, 5.41) is 9.42. The smallest absolute Gasteiger partial charge is 0.303 e. The van der Waals surface area contributed by atoms with Crippen LogP contribution in [0.2, 0.25) is 0 Å². The molecule has 17 heavy (non-hydrogen) atoms. The average molecular weight is 250 g/mol. The molecular formula is C10H15FO6. The molecule has 4 atom stereocenters. The van der Waals surface area contributed by atoms with Gasteiger partial charge in [0.2, 0.25) is 0 Å². The molecule has 0 bridgehead atoms. The summed E-state index contributed by atoms with van der Waals surface area (Å²) < 4.78 is 27.1. The Bertz CT molecular complexity index is 295. The van der Waals surface area contributed by atoms with E-state index in [-0.39, 0.29) is 6.42 Å². The Balaban J connectivity index is 2.56. The lowest BCUT2D eigenvalue weighted by atomic mass is 10.1. The Labute approximate surface area is 97.6 Å². The fourth-order valence-corrected chi connectivity index (χ4v) is 1.65. The van der Waals surface area contributed by atoms with Gasteiger partial charge in [-0.3, -0.25) is 9.59 Å². The molecule has 0 aromatic carbocycles. The SMILES string of the molecule is CC(=O)O[C@@H](CF)[C@@H]1C[C@@H](OC(C)=O)C(O)O1. The lowest BCUT2D eigenvalue weighted by Gasteiger charge is -2.19. The van der Waals surface area contributed by atoms with E-state index in [0.717, 1.165) is 6.92 Å². The van der Waals surface area contributed by atoms with Crippen molar-refractivity contribution in [2.24, 2.45) is 0 Å². The van der Waals surface area contributed by atoms with Gasteiger partial charge in [0.25, 0.3) is 0 Å². The molecule has 1 rings (SSSR count). The van der Waals surface area contributed by atoms with Gasteiger partial charge in [-0.05, 0) is 0 Å². The molecule has 6 nitrogen and oxygen atoms in total. The Morgan fingerprint density at radius 3 is 2.59 bits per heavy atom.